The molecule has 0 unspecified atom stereocenters. The molecule has 0 bridgehead atoms. The van der Waals surface area contributed by atoms with Gasteiger partial charge >= 0.3 is 0 Å². The van der Waals surface area contributed by atoms with E-state index in [2.05, 4.69) is 11.1 Å². The van der Waals surface area contributed by atoms with Crippen LogP contribution in [0.5, 0.6) is 0 Å². The van der Waals surface area contributed by atoms with Crippen LogP contribution in [-0.2, 0) is 0 Å². The van der Waals surface area contributed by atoms with Gasteiger partial charge in [0.1, 0.15) is 6.07 Å². The molecule has 2 aromatic rings. The van der Waals surface area contributed by atoms with Crippen LogP contribution in [0.25, 0.3) is 11.3 Å². The molecule has 0 radical (unpaired) electrons. The molecule has 0 spiro atoms. The van der Waals surface area contributed by atoms with Gasteiger partial charge in [0.25, 0.3) is 0 Å². The van der Waals surface area contributed by atoms with Crippen molar-refractivity contribution in [2.24, 2.45) is 0 Å². The van der Waals surface area contributed by atoms with Gasteiger partial charge in [0, 0.05) is 11.2 Å². The highest BCUT2D eigenvalue weighted by molar-refractivity contribution is 7.98. The topological polar surface area (TPSA) is 39.6 Å². The highest BCUT2D eigenvalue weighted by atomic mass is 35.5. The Morgan fingerprint density at radius 1 is 1.31 bits per heavy atom. The van der Waals surface area contributed by atoms with Crippen molar-refractivity contribution in [2.75, 3.05) is 6.26 Å². The zero-order valence-corrected chi connectivity index (χ0v) is 10.2. The first-order valence-electron chi connectivity index (χ1n) is 4.67. The molecule has 0 aliphatic carbocycles. The smallest absolute Gasteiger partial charge is 0.102 e. The maximum atomic E-state index is 8.95. The van der Waals surface area contributed by atoms with Gasteiger partial charge in [-0.1, -0.05) is 23.7 Å². The maximum Gasteiger partial charge on any atom is 0.102 e. The van der Waals surface area contributed by atoms with Crippen LogP contribution < -0.4 is 0 Å². The Morgan fingerprint density at radius 2 is 2.00 bits per heavy atom. The number of rotatable bonds is 2. The van der Waals surface area contributed by atoms with E-state index in [-0.39, 0.29) is 0 Å². The number of nitriles is 1. The van der Waals surface area contributed by atoms with E-state index >= 15 is 0 Å². The zero-order valence-electron chi connectivity index (χ0n) is 8.62. The zero-order chi connectivity index (χ0) is 11.5. The molecule has 2 nitrogen and oxygen atoms in total. The molecule has 0 atom stereocenters. The monoisotopic (exact) mass is 248 g/mol. The lowest BCUT2D eigenvalue weighted by atomic mass is 10.1. The summed E-state index contributed by atoms with van der Waals surface area (Å²) in [7, 11) is 0. The van der Waals surface area contributed by atoms with Crippen LogP contribution in [-0.4, -0.2) is 11.2 Å². The molecule has 80 valence electrons. The van der Waals surface area contributed by atoms with Crippen LogP contribution in [0, 0.1) is 11.3 Å². The average molecular weight is 249 g/mol. The molecule has 0 saturated heterocycles. The number of benzene rings is 1. The number of hydrogen-bond donors (Lipinski definition) is 1. The van der Waals surface area contributed by atoms with Crippen LogP contribution >= 0.6 is 23.4 Å². The summed E-state index contributed by atoms with van der Waals surface area (Å²) in [5.41, 5.74) is 2.69. The lowest BCUT2D eigenvalue weighted by Gasteiger charge is -2.02. The fourth-order valence-electron chi connectivity index (χ4n) is 1.54. The van der Waals surface area contributed by atoms with E-state index < -0.39 is 0 Å². The van der Waals surface area contributed by atoms with Gasteiger partial charge in [-0.2, -0.15) is 5.26 Å². The number of H-pyrrole nitrogens is 1. The number of halogens is 1. The van der Waals surface area contributed by atoms with Crippen LogP contribution in [0.4, 0.5) is 0 Å². The number of aromatic nitrogens is 1. The Hall–Kier alpha value is -1.37. The summed E-state index contributed by atoms with van der Waals surface area (Å²) in [6.45, 7) is 0. The normalized spacial score (nSPS) is 10.1. The van der Waals surface area contributed by atoms with E-state index in [1.807, 2.05) is 30.5 Å². The minimum Gasteiger partial charge on any atom is -0.359 e. The molecule has 1 aromatic carbocycles. The highest BCUT2D eigenvalue weighted by Crippen LogP contribution is 2.32. The Balaban J connectivity index is 2.52. The molecule has 2 rings (SSSR count). The molecule has 1 aromatic heterocycles. The third kappa shape index (κ3) is 1.95. The summed E-state index contributed by atoms with van der Waals surface area (Å²) in [6.07, 6.45) is 3.69. The van der Waals surface area contributed by atoms with Crippen LogP contribution in [0.15, 0.2) is 35.4 Å². The molecule has 0 saturated carbocycles. The second kappa shape index (κ2) is 4.65. The lowest BCUT2D eigenvalue weighted by molar-refractivity contribution is 1.37. The van der Waals surface area contributed by atoms with Crippen LogP contribution in [0.1, 0.15) is 5.56 Å². The molecule has 4 heteroatoms. The second-order valence-electron chi connectivity index (χ2n) is 3.23. The number of thioether (sulfide) groups is 1. The van der Waals surface area contributed by atoms with Crippen LogP contribution in [0.2, 0.25) is 5.02 Å². The molecule has 0 amide bonds. The third-order valence-electron chi connectivity index (χ3n) is 2.29. The van der Waals surface area contributed by atoms with Crippen molar-refractivity contribution in [2.45, 2.75) is 4.90 Å². The van der Waals surface area contributed by atoms with Gasteiger partial charge in [-0.25, -0.2) is 0 Å². The lowest BCUT2D eigenvalue weighted by Crippen LogP contribution is -1.80. The fraction of sp³-hybridized carbons (Fsp3) is 0.0833. The molecular weight excluding hydrogens is 240 g/mol. The van der Waals surface area contributed by atoms with Crippen molar-refractivity contribution in [3.63, 3.8) is 0 Å². The Bertz CT molecular complexity index is 537. The predicted octanol–water partition coefficient (Wildman–Crippen LogP) is 3.93. The van der Waals surface area contributed by atoms with E-state index in [4.69, 9.17) is 16.9 Å². The van der Waals surface area contributed by atoms with Gasteiger partial charge in [-0.3, -0.25) is 0 Å². The van der Waals surface area contributed by atoms with Gasteiger partial charge in [0.2, 0.25) is 0 Å². The van der Waals surface area contributed by atoms with Crippen molar-refractivity contribution in [1.82, 2.24) is 4.98 Å². The number of nitrogens with one attached hydrogen (secondary N) is 1. The molecule has 0 aliphatic heterocycles. The van der Waals surface area contributed by atoms with Gasteiger partial charge in [-0.15, -0.1) is 11.8 Å². The van der Waals surface area contributed by atoms with Crippen molar-refractivity contribution >= 4 is 23.4 Å². The molecular formula is C12H9ClN2S. The standard InChI is InChI=1S/C12H9ClN2S/c1-16-12-9(6-14)7-15-11(12)8-2-4-10(13)5-3-8/h2-5,7,15H,1H3. The quantitative estimate of drug-likeness (QED) is 0.818. The van der Waals surface area contributed by atoms with Gasteiger partial charge in [-0.05, 0) is 24.0 Å². The first kappa shape index (κ1) is 11.1. The van der Waals surface area contributed by atoms with Gasteiger partial charge in [0.15, 0.2) is 0 Å². The number of aromatic amines is 1. The van der Waals surface area contributed by atoms with Gasteiger partial charge in [0.05, 0.1) is 16.2 Å². The van der Waals surface area contributed by atoms with Crippen molar-refractivity contribution in [1.29, 1.82) is 5.26 Å². The van der Waals surface area contributed by atoms with E-state index in [1.54, 1.807) is 18.0 Å². The fourth-order valence-corrected chi connectivity index (χ4v) is 2.37. The third-order valence-corrected chi connectivity index (χ3v) is 3.37. The number of hydrogen-bond acceptors (Lipinski definition) is 2. The number of nitrogens with zero attached hydrogens (tertiary/aromatic N) is 1. The van der Waals surface area contributed by atoms with E-state index in [1.165, 1.54) is 0 Å². The molecule has 1 heterocycles. The molecule has 0 fully saturated rings. The average Bonchev–Trinajstić information content (AvgIpc) is 2.72. The summed E-state index contributed by atoms with van der Waals surface area (Å²) >= 11 is 7.40. The second-order valence-corrected chi connectivity index (χ2v) is 4.48. The van der Waals surface area contributed by atoms with Crippen molar-refractivity contribution < 1.29 is 0 Å². The van der Waals surface area contributed by atoms with Crippen LogP contribution in [0.3, 0.4) is 0 Å². The van der Waals surface area contributed by atoms with E-state index in [0.717, 1.165) is 16.2 Å². The SMILES string of the molecule is CSc1c(C#N)c[nH]c1-c1ccc(Cl)cc1. The summed E-state index contributed by atoms with van der Waals surface area (Å²) < 4.78 is 0. The highest BCUT2D eigenvalue weighted by Gasteiger charge is 2.11. The molecule has 1 N–H and O–H groups in total. The molecule has 0 aliphatic rings. The van der Waals surface area contributed by atoms with E-state index in [0.29, 0.717) is 10.6 Å². The largest absolute Gasteiger partial charge is 0.359 e. The maximum absolute atomic E-state index is 8.95. The first-order chi connectivity index (χ1) is 7.76. The van der Waals surface area contributed by atoms with Crippen molar-refractivity contribution in [3.8, 4) is 17.3 Å². The summed E-state index contributed by atoms with van der Waals surface area (Å²) in [4.78, 5) is 4.10. The van der Waals surface area contributed by atoms with E-state index in [9.17, 15) is 0 Å². The Morgan fingerprint density at radius 3 is 2.56 bits per heavy atom. The first-order valence-corrected chi connectivity index (χ1v) is 6.28. The predicted molar refractivity (Wildman–Crippen MR) is 67.7 cm³/mol. The summed E-state index contributed by atoms with van der Waals surface area (Å²) in [5, 5.41) is 9.66. The summed E-state index contributed by atoms with van der Waals surface area (Å²) in [6, 6.07) is 9.73. The molecule has 16 heavy (non-hydrogen) atoms. The van der Waals surface area contributed by atoms with Crippen molar-refractivity contribution in [3.05, 3.63) is 41.0 Å². The minimum atomic E-state index is 0.678. The summed E-state index contributed by atoms with van der Waals surface area (Å²) in [5.74, 6) is 0. The Labute approximate surface area is 103 Å². The minimum absolute atomic E-state index is 0.678. The Kier molecular flexibility index (Phi) is 3.23. The van der Waals surface area contributed by atoms with Gasteiger partial charge < -0.3 is 4.98 Å².